The highest BCUT2D eigenvalue weighted by Gasteiger charge is 2.14. The Bertz CT molecular complexity index is 932. The molecular weight excluding hydrogens is 330 g/mol. The number of ketones is 1. The maximum absolute atomic E-state index is 12.5. The van der Waals surface area contributed by atoms with Gasteiger partial charge in [0.1, 0.15) is 5.75 Å². The number of phenolic OH excluding ortho intramolecular Hbond substituents is 1. The van der Waals surface area contributed by atoms with E-state index in [0.717, 1.165) is 23.2 Å². The van der Waals surface area contributed by atoms with E-state index in [1.54, 1.807) is 24.3 Å². The van der Waals surface area contributed by atoms with Crippen molar-refractivity contribution >= 4 is 17.1 Å². The van der Waals surface area contributed by atoms with Crippen LogP contribution in [0.3, 0.4) is 0 Å². The van der Waals surface area contributed by atoms with Crippen molar-refractivity contribution in [3.8, 4) is 17.6 Å². The number of aromatic nitrogens is 1. The van der Waals surface area contributed by atoms with E-state index in [-0.39, 0.29) is 11.5 Å². The number of nitrogens with zero attached hydrogens (tertiary/aromatic N) is 1. The summed E-state index contributed by atoms with van der Waals surface area (Å²) in [5.74, 6) is 6.31. The number of Topliss-reactive ketones (excluding diaryl/α,β-unsaturated/α-hetero) is 1. The molecule has 2 aromatic carbocycles. The largest absolute Gasteiger partial charge is 0.508 e. The lowest BCUT2D eigenvalue weighted by atomic mass is 10.1. The first-order valence-electron chi connectivity index (χ1n) is 7.97. The number of aryl methyl sites for hydroxylation is 2. The summed E-state index contributed by atoms with van der Waals surface area (Å²) < 4.78 is 0. The highest BCUT2D eigenvalue weighted by atomic mass is 32.1. The number of carbonyl (C=O) groups is 1. The Kier molecular flexibility index (Phi) is 5.27. The molecule has 0 radical (unpaired) electrons. The molecule has 3 aromatic rings. The summed E-state index contributed by atoms with van der Waals surface area (Å²) in [5.41, 5.74) is 2.69. The SMILES string of the molecule is Cc1nc(C#Cc2ccc(O)cc2)sc1C(=O)CCc1ccccc1. The zero-order valence-electron chi connectivity index (χ0n) is 13.8. The Balaban J connectivity index is 1.69. The van der Waals surface area contributed by atoms with E-state index < -0.39 is 0 Å². The summed E-state index contributed by atoms with van der Waals surface area (Å²) in [6.07, 6.45) is 1.20. The number of hydrogen-bond acceptors (Lipinski definition) is 4. The molecule has 4 heteroatoms. The average Bonchev–Trinajstić information content (AvgIpc) is 3.01. The van der Waals surface area contributed by atoms with Crippen molar-refractivity contribution in [1.29, 1.82) is 0 Å². The van der Waals surface area contributed by atoms with Crippen LogP contribution in [-0.4, -0.2) is 15.9 Å². The van der Waals surface area contributed by atoms with Gasteiger partial charge in [-0.3, -0.25) is 4.79 Å². The number of hydrogen-bond donors (Lipinski definition) is 1. The van der Waals surface area contributed by atoms with E-state index in [4.69, 9.17) is 0 Å². The standard InChI is InChI=1S/C21H17NO2S/c1-15-21(19(24)13-9-16-5-3-2-4-6-16)25-20(22-15)14-10-17-7-11-18(23)12-8-17/h2-8,11-12,23H,9,13H2,1H3. The molecule has 0 aliphatic rings. The molecule has 0 saturated carbocycles. The van der Waals surface area contributed by atoms with Crippen LogP contribution in [0.4, 0.5) is 0 Å². The van der Waals surface area contributed by atoms with Gasteiger partial charge in [0.05, 0.1) is 10.6 Å². The first-order chi connectivity index (χ1) is 12.1. The predicted octanol–water partition coefficient (Wildman–Crippen LogP) is 4.37. The Hall–Kier alpha value is -2.90. The maximum Gasteiger partial charge on any atom is 0.175 e. The zero-order chi connectivity index (χ0) is 17.6. The van der Waals surface area contributed by atoms with Gasteiger partial charge < -0.3 is 5.11 Å². The molecule has 0 fully saturated rings. The fourth-order valence-electron chi connectivity index (χ4n) is 2.40. The van der Waals surface area contributed by atoms with Crippen LogP contribution in [0, 0.1) is 18.8 Å². The second-order valence-corrected chi connectivity index (χ2v) is 6.64. The predicted molar refractivity (Wildman–Crippen MR) is 100 cm³/mol. The van der Waals surface area contributed by atoms with E-state index in [1.165, 1.54) is 11.3 Å². The lowest BCUT2D eigenvalue weighted by molar-refractivity contribution is 0.0986. The molecule has 3 nitrogen and oxygen atoms in total. The van der Waals surface area contributed by atoms with Crippen molar-refractivity contribution in [2.24, 2.45) is 0 Å². The fourth-order valence-corrected chi connectivity index (χ4v) is 3.28. The molecule has 0 aliphatic heterocycles. The molecular formula is C21H17NO2S. The van der Waals surface area contributed by atoms with Gasteiger partial charge in [-0.15, -0.1) is 11.3 Å². The van der Waals surface area contributed by atoms with Crippen LogP contribution in [0.5, 0.6) is 5.75 Å². The van der Waals surface area contributed by atoms with Gasteiger partial charge in [-0.25, -0.2) is 4.98 Å². The number of rotatable bonds is 4. The molecule has 25 heavy (non-hydrogen) atoms. The van der Waals surface area contributed by atoms with Gasteiger partial charge in [0.15, 0.2) is 10.8 Å². The molecule has 124 valence electrons. The molecule has 3 rings (SSSR count). The van der Waals surface area contributed by atoms with Crippen molar-refractivity contribution in [2.75, 3.05) is 0 Å². The molecule has 0 amide bonds. The van der Waals surface area contributed by atoms with Crippen LogP contribution in [0.1, 0.15) is 37.9 Å². The third-order valence-corrected chi connectivity index (χ3v) is 4.83. The van der Waals surface area contributed by atoms with Crippen molar-refractivity contribution < 1.29 is 9.90 Å². The molecule has 0 aliphatic carbocycles. The normalized spacial score (nSPS) is 10.1. The van der Waals surface area contributed by atoms with Crippen molar-refractivity contribution in [3.63, 3.8) is 0 Å². The van der Waals surface area contributed by atoms with Crippen molar-refractivity contribution in [1.82, 2.24) is 4.98 Å². The minimum Gasteiger partial charge on any atom is -0.508 e. The molecule has 1 N–H and O–H groups in total. The first-order valence-corrected chi connectivity index (χ1v) is 8.79. The summed E-state index contributed by atoms with van der Waals surface area (Å²) in [6, 6.07) is 16.7. The second kappa shape index (κ2) is 7.78. The first kappa shape index (κ1) is 16.9. The Morgan fingerprint density at radius 1 is 1.08 bits per heavy atom. The quantitative estimate of drug-likeness (QED) is 0.563. The van der Waals surface area contributed by atoms with Crippen LogP contribution < -0.4 is 0 Å². The van der Waals surface area contributed by atoms with Crippen LogP contribution >= 0.6 is 11.3 Å². The molecule has 0 bridgehead atoms. The number of aromatic hydroxyl groups is 1. The van der Waals surface area contributed by atoms with Gasteiger partial charge >= 0.3 is 0 Å². The van der Waals surface area contributed by atoms with Crippen molar-refractivity contribution in [2.45, 2.75) is 19.8 Å². The Morgan fingerprint density at radius 2 is 1.80 bits per heavy atom. The highest BCUT2D eigenvalue weighted by Crippen LogP contribution is 2.20. The monoisotopic (exact) mass is 347 g/mol. The lowest BCUT2D eigenvalue weighted by Gasteiger charge is -2.00. The third kappa shape index (κ3) is 4.56. The van der Waals surface area contributed by atoms with E-state index in [0.29, 0.717) is 16.3 Å². The molecule has 0 saturated heterocycles. The number of thiazole rings is 1. The van der Waals surface area contributed by atoms with Crippen LogP contribution in [0.25, 0.3) is 0 Å². The second-order valence-electron chi connectivity index (χ2n) is 5.64. The van der Waals surface area contributed by atoms with Gasteiger partial charge in [0.2, 0.25) is 0 Å². The summed E-state index contributed by atoms with van der Waals surface area (Å²) in [4.78, 5) is 17.5. The molecule has 1 aromatic heterocycles. The topological polar surface area (TPSA) is 50.2 Å². The van der Waals surface area contributed by atoms with Gasteiger partial charge in [0.25, 0.3) is 0 Å². The smallest absolute Gasteiger partial charge is 0.175 e. The van der Waals surface area contributed by atoms with E-state index in [2.05, 4.69) is 16.8 Å². The minimum atomic E-state index is 0.108. The zero-order valence-corrected chi connectivity index (χ0v) is 14.6. The third-order valence-electron chi connectivity index (χ3n) is 3.71. The van der Waals surface area contributed by atoms with E-state index in [9.17, 15) is 9.90 Å². The summed E-state index contributed by atoms with van der Waals surface area (Å²) in [5, 5.41) is 9.91. The molecule has 0 spiro atoms. The maximum atomic E-state index is 12.5. The summed E-state index contributed by atoms with van der Waals surface area (Å²) in [7, 11) is 0. The molecule has 1 heterocycles. The average molecular weight is 347 g/mol. The van der Waals surface area contributed by atoms with Gasteiger partial charge in [-0.1, -0.05) is 36.3 Å². The van der Waals surface area contributed by atoms with Crippen LogP contribution in [0.15, 0.2) is 54.6 Å². The number of carbonyl (C=O) groups excluding carboxylic acids is 1. The molecule has 0 unspecified atom stereocenters. The van der Waals surface area contributed by atoms with E-state index >= 15 is 0 Å². The fraction of sp³-hybridized carbons (Fsp3) is 0.143. The summed E-state index contributed by atoms with van der Waals surface area (Å²) in [6.45, 7) is 1.85. The Labute approximate surface area is 151 Å². The number of benzene rings is 2. The van der Waals surface area contributed by atoms with Crippen LogP contribution in [-0.2, 0) is 6.42 Å². The Morgan fingerprint density at radius 3 is 2.52 bits per heavy atom. The minimum absolute atomic E-state index is 0.108. The highest BCUT2D eigenvalue weighted by molar-refractivity contribution is 7.14. The van der Waals surface area contributed by atoms with E-state index in [1.807, 2.05) is 37.3 Å². The number of phenols is 1. The van der Waals surface area contributed by atoms with Gasteiger partial charge in [-0.05, 0) is 49.1 Å². The van der Waals surface area contributed by atoms with Crippen LogP contribution in [0.2, 0.25) is 0 Å². The molecule has 0 atom stereocenters. The van der Waals surface area contributed by atoms with Gasteiger partial charge in [-0.2, -0.15) is 0 Å². The summed E-state index contributed by atoms with van der Waals surface area (Å²) >= 11 is 1.34. The lowest BCUT2D eigenvalue weighted by Crippen LogP contribution is -2.00. The van der Waals surface area contributed by atoms with Crippen molar-refractivity contribution in [3.05, 3.63) is 81.3 Å². The van der Waals surface area contributed by atoms with Gasteiger partial charge in [0, 0.05) is 12.0 Å².